The van der Waals surface area contributed by atoms with Crippen molar-refractivity contribution in [2.24, 2.45) is 0 Å². The van der Waals surface area contributed by atoms with Crippen LogP contribution in [0, 0.1) is 6.07 Å². The van der Waals surface area contributed by atoms with Crippen LogP contribution in [0.3, 0.4) is 0 Å². The summed E-state index contributed by atoms with van der Waals surface area (Å²) in [5.74, 6) is 0. The number of anilines is 2. The average molecular weight is 199 g/mol. The van der Waals surface area contributed by atoms with E-state index in [-0.39, 0.29) is 1.43 Å². The van der Waals surface area contributed by atoms with Gasteiger partial charge in [0, 0.05) is 15.9 Å². The standard InChI is InChI=1S/C12H8NS/c1-3-7-11-9(5-1)13-10-6-2-4-8-12(10)14-11/h1-5,7-8,13H/p+1. The molecule has 14 heavy (non-hydrogen) atoms. The third-order valence-electron chi connectivity index (χ3n) is 2.18. The quantitative estimate of drug-likeness (QED) is 0.591. The Balaban J connectivity index is 0.000000853. The SMILES string of the molecule is [H+].[c]1cccc2c1Nc1ccccc1S2. The van der Waals surface area contributed by atoms with Gasteiger partial charge >= 0.3 is 1.43 Å². The first kappa shape index (κ1) is 7.94. The van der Waals surface area contributed by atoms with E-state index >= 15 is 0 Å². The van der Waals surface area contributed by atoms with E-state index in [2.05, 4.69) is 35.6 Å². The molecule has 0 spiro atoms. The fourth-order valence-corrected chi connectivity index (χ4v) is 2.49. The first-order valence-corrected chi connectivity index (χ1v) is 5.30. The predicted octanol–water partition coefficient (Wildman–Crippen LogP) is 3.81. The zero-order valence-corrected chi connectivity index (χ0v) is 8.27. The summed E-state index contributed by atoms with van der Waals surface area (Å²) in [6.45, 7) is 0. The van der Waals surface area contributed by atoms with Gasteiger partial charge in [0.05, 0.1) is 11.4 Å². The molecule has 1 heterocycles. The lowest BCUT2D eigenvalue weighted by atomic mass is 10.2. The van der Waals surface area contributed by atoms with Gasteiger partial charge in [-0.3, -0.25) is 0 Å². The maximum atomic E-state index is 3.36. The maximum absolute atomic E-state index is 3.36. The van der Waals surface area contributed by atoms with Gasteiger partial charge in [-0.25, -0.2) is 0 Å². The number of nitrogens with one attached hydrogen (secondary N) is 1. The summed E-state index contributed by atoms with van der Waals surface area (Å²) >= 11 is 1.79. The lowest BCUT2D eigenvalue weighted by Gasteiger charge is -2.19. The molecular weight excluding hydrogens is 190 g/mol. The monoisotopic (exact) mass is 199 g/mol. The first-order valence-electron chi connectivity index (χ1n) is 4.48. The molecule has 1 aliphatic heterocycles. The van der Waals surface area contributed by atoms with Crippen molar-refractivity contribution in [1.82, 2.24) is 0 Å². The number of para-hydroxylation sites is 2. The molecule has 0 aliphatic carbocycles. The van der Waals surface area contributed by atoms with Gasteiger partial charge in [0.2, 0.25) is 0 Å². The van der Waals surface area contributed by atoms with Crippen LogP contribution in [0.1, 0.15) is 1.43 Å². The van der Waals surface area contributed by atoms with E-state index in [1.165, 1.54) is 15.5 Å². The zero-order valence-electron chi connectivity index (χ0n) is 8.45. The number of hydrogen-bond acceptors (Lipinski definition) is 2. The summed E-state index contributed by atoms with van der Waals surface area (Å²) in [7, 11) is 0. The van der Waals surface area contributed by atoms with E-state index in [1.54, 1.807) is 11.8 Å². The molecule has 0 fully saturated rings. The lowest BCUT2D eigenvalue weighted by molar-refractivity contribution is 1.31. The smallest absolute Gasteiger partial charge is 0.353 e. The molecule has 1 nitrogen and oxygen atoms in total. The van der Waals surface area contributed by atoms with Gasteiger partial charge in [0.25, 0.3) is 0 Å². The molecule has 1 radical (unpaired) electrons. The van der Waals surface area contributed by atoms with Crippen LogP contribution < -0.4 is 5.32 Å². The normalized spacial score (nSPS) is 12.6. The molecular formula is C12H9NS+. The Morgan fingerprint density at radius 1 is 1.07 bits per heavy atom. The van der Waals surface area contributed by atoms with E-state index < -0.39 is 0 Å². The van der Waals surface area contributed by atoms with Crippen molar-refractivity contribution in [1.29, 1.82) is 0 Å². The molecule has 0 bridgehead atoms. The van der Waals surface area contributed by atoms with Gasteiger partial charge in [-0.1, -0.05) is 36.0 Å². The Hall–Kier alpha value is -1.41. The number of rotatable bonds is 0. The van der Waals surface area contributed by atoms with Gasteiger partial charge in [-0.2, -0.15) is 0 Å². The second-order valence-corrected chi connectivity index (χ2v) is 4.22. The van der Waals surface area contributed by atoms with Gasteiger partial charge in [0.15, 0.2) is 0 Å². The average Bonchev–Trinajstić information content (AvgIpc) is 2.26. The molecule has 0 unspecified atom stereocenters. The molecule has 1 N–H and O–H groups in total. The van der Waals surface area contributed by atoms with Crippen molar-refractivity contribution in [3.05, 3.63) is 48.5 Å². The minimum absolute atomic E-state index is 0. The van der Waals surface area contributed by atoms with Crippen molar-refractivity contribution in [3.63, 3.8) is 0 Å². The molecule has 2 aromatic carbocycles. The van der Waals surface area contributed by atoms with Crippen molar-refractivity contribution in [3.8, 4) is 0 Å². The summed E-state index contributed by atoms with van der Waals surface area (Å²) in [4.78, 5) is 2.52. The number of hydrogen-bond donors (Lipinski definition) is 1. The van der Waals surface area contributed by atoms with Crippen molar-refractivity contribution >= 4 is 23.1 Å². The maximum Gasteiger partial charge on any atom is 1.00 e. The third kappa shape index (κ3) is 1.19. The Morgan fingerprint density at radius 3 is 2.93 bits per heavy atom. The van der Waals surface area contributed by atoms with E-state index in [4.69, 9.17) is 0 Å². The van der Waals surface area contributed by atoms with Crippen molar-refractivity contribution < 1.29 is 1.43 Å². The van der Waals surface area contributed by atoms with E-state index in [0.29, 0.717) is 0 Å². The molecule has 0 aromatic heterocycles. The summed E-state index contributed by atoms with van der Waals surface area (Å²) in [5.41, 5.74) is 2.25. The molecule has 0 amide bonds. The highest BCUT2D eigenvalue weighted by Crippen LogP contribution is 2.43. The predicted molar refractivity (Wildman–Crippen MR) is 60.2 cm³/mol. The van der Waals surface area contributed by atoms with Crippen LogP contribution >= 0.6 is 11.8 Å². The van der Waals surface area contributed by atoms with Crippen molar-refractivity contribution in [2.75, 3.05) is 5.32 Å². The first-order chi connectivity index (χ1) is 6.93. The van der Waals surface area contributed by atoms with Gasteiger partial charge in [-0.05, 0) is 18.2 Å². The molecule has 2 heteroatoms. The molecule has 2 aromatic rings. The van der Waals surface area contributed by atoms with Crippen LogP contribution in [0.2, 0.25) is 0 Å². The van der Waals surface area contributed by atoms with Crippen LogP contribution in [0.15, 0.2) is 52.3 Å². The Bertz CT molecular complexity index is 397. The fourth-order valence-electron chi connectivity index (χ4n) is 1.52. The molecule has 0 saturated heterocycles. The topological polar surface area (TPSA) is 12.0 Å². The fraction of sp³-hybridized carbons (Fsp3) is 0. The summed E-state index contributed by atoms with van der Waals surface area (Å²) < 4.78 is 0. The largest absolute Gasteiger partial charge is 1.00 e. The second kappa shape index (κ2) is 3.07. The van der Waals surface area contributed by atoms with Crippen LogP contribution in [0.4, 0.5) is 11.4 Å². The lowest BCUT2D eigenvalue weighted by Crippen LogP contribution is -1.98. The highest BCUT2D eigenvalue weighted by molar-refractivity contribution is 7.99. The molecule has 0 atom stereocenters. The molecule has 67 valence electrons. The Morgan fingerprint density at radius 2 is 1.93 bits per heavy atom. The highest BCUT2D eigenvalue weighted by Gasteiger charge is 2.13. The van der Waals surface area contributed by atoms with Crippen molar-refractivity contribution in [2.45, 2.75) is 9.79 Å². The van der Waals surface area contributed by atoms with Gasteiger partial charge in [-0.15, -0.1) is 0 Å². The summed E-state index contributed by atoms with van der Waals surface area (Å²) in [6.07, 6.45) is 0. The summed E-state index contributed by atoms with van der Waals surface area (Å²) in [5, 5.41) is 3.36. The number of fused-ring (bicyclic) bond motifs is 2. The minimum Gasteiger partial charge on any atom is -0.353 e. The van der Waals surface area contributed by atoms with Gasteiger partial charge < -0.3 is 5.32 Å². The summed E-state index contributed by atoms with van der Waals surface area (Å²) in [6, 6.07) is 17.6. The van der Waals surface area contributed by atoms with Crippen LogP contribution in [-0.2, 0) is 0 Å². The molecule has 0 saturated carbocycles. The molecule has 1 aliphatic rings. The van der Waals surface area contributed by atoms with Crippen LogP contribution in [0.5, 0.6) is 0 Å². The van der Waals surface area contributed by atoms with E-state index in [1.807, 2.05) is 18.2 Å². The number of benzene rings is 2. The Labute approximate surface area is 88.6 Å². The van der Waals surface area contributed by atoms with E-state index in [9.17, 15) is 0 Å². The molecule has 3 rings (SSSR count). The Kier molecular flexibility index (Phi) is 1.74. The van der Waals surface area contributed by atoms with Crippen LogP contribution in [-0.4, -0.2) is 0 Å². The minimum atomic E-state index is 0. The third-order valence-corrected chi connectivity index (χ3v) is 3.32. The second-order valence-electron chi connectivity index (χ2n) is 3.13. The zero-order chi connectivity index (χ0) is 9.38. The highest BCUT2D eigenvalue weighted by atomic mass is 32.2. The van der Waals surface area contributed by atoms with Crippen LogP contribution in [0.25, 0.3) is 0 Å². The van der Waals surface area contributed by atoms with Gasteiger partial charge in [0.1, 0.15) is 0 Å². The van der Waals surface area contributed by atoms with E-state index in [0.717, 1.165) is 5.69 Å².